The van der Waals surface area contributed by atoms with Crippen molar-refractivity contribution in [1.82, 2.24) is 34.1 Å². The highest BCUT2D eigenvalue weighted by Crippen LogP contribution is 2.41. The maximum absolute atomic E-state index is 5.27. The molecule has 0 saturated heterocycles. The Bertz CT molecular complexity index is 3620. The van der Waals surface area contributed by atoms with E-state index in [-0.39, 0.29) is 0 Å². The third kappa shape index (κ3) is 6.33. The van der Waals surface area contributed by atoms with Gasteiger partial charge in [0.2, 0.25) is 0 Å². The van der Waals surface area contributed by atoms with E-state index >= 15 is 0 Å². The third-order valence-corrected chi connectivity index (χ3v) is 12.1. The van der Waals surface area contributed by atoms with Crippen molar-refractivity contribution < 1.29 is 0 Å². The Morgan fingerprint density at radius 2 is 0.797 bits per heavy atom. The van der Waals surface area contributed by atoms with E-state index in [1.54, 1.807) is 0 Å². The first kappa shape index (κ1) is 37.2. The number of nitrogens with zero attached hydrogens (tertiary/aromatic N) is 7. The third-order valence-electron chi connectivity index (χ3n) is 12.1. The van der Waals surface area contributed by atoms with Gasteiger partial charge in [-0.3, -0.25) is 0 Å². The van der Waals surface area contributed by atoms with E-state index < -0.39 is 0 Å². The zero-order valence-electron chi connectivity index (χ0n) is 35.2. The molecule has 0 aliphatic carbocycles. The summed E-state index contributed by atoms with van der Waals surface area (Å²) in [5, 5.41) is 4.71. The van der Waals surface area contributed by atoms with Gasteiger partial charge in [0.25, 0.3) is 0 Å². The van der Waals surface area contributed by atoms with Crippen LogP contribution in [0.5, 0.6) is 0 Å². The molecule has 0 aliphatic heterocycles. The lowest BCUT2D eigenvalue weighted by atomic mass is 9.99. The van der Waals surface area contributed by atoms with E-state index in [9.17, 15) is 0 Å². The molecule has 8 aromatic carbocycles. The zero-order chi connectivity index (χ0) is 42.7. The molecular formula is C57H39N7. The van der Waals surface area contributed by atoms with Crippen LogP contribution in [0, 0.1) is 13.8 Å². The largest absolute Gasteiger partial charge is 0.309 e. The van der Waals surface area contributed by atoms with Gasteiger partial charge in [-0.15, -0.1) is 0 Å². The molecule has 7 heteroatoms. The molecule has 4 aromatic heterocycles. The topological polar surface area (TPSA) is 74.3 Å². The van der Waals surface area contributed by atoms with Crippen molar-refractivity contribution in [2.24, 2.45) is 0 Å². The number of aromatic nitrogens is 7. The lowest BCUT2D eigenvalue weighted by molar-refractivity contribution is 0.929. The summed E-state index contributed by atoms with van der Waals surface area (Å²) in [7, 11) is 0. The van der Waals surface area contributed by atoms with Crippen LogP contribution in [0.1, 0.15) is 11.6 Å². The molecule has 0 fully saturated rings. The van der Waals surface area contributed by atoms with Crippen LogP contribution >= 0.6 is 0 Å². The van der Waals surface area contributed by atoms with Crippen molar-refractivity contribution in [1.29, 1.82) is 0 Å². The number of para-hydroxylation sites is 3. The zero-order valence-corrected chi connectivity index (χ0v) is 35.2. The second kappa shape index (κ2) is 15.1. The molecule has 0 aliphatic rings. The first-order chi connectivity index (χ1) is 31.5. The number of fused-ring (bicyclic) bond motifs is 6. The van der Waals surface area contributed by atoms with Gasteiger partial charge in [-0.25, -0.2) is 24.9 Å². The molecule has 64 heavy (non-hydrogen) atoms. The fourth-order valence-electron chi connectivity index (χ4n) is 9.32. The van der Waals surface area contributed by atoms with E-state index in [0.717, 1.165) is 89.0 Å². The number of benzene rings is 8. The first-order valence-electron chi connectivity index (χ1n) is 21.5. The fraction of sp³-hybridized carbons (Fsp3) is 0.0351. The molecule has 0 bridgehead atoms. The van der Waals surface area contributed by atoms with Crippen LogP contribution in [0.2, 0.25) is 0 Å². The Morgan fingerprint density at radius 3 is 1.42 bits per heavy atom. The summed E-state index contributed by atoms with van der Waals surface area (Å²) in [6.07, 6.45) is 0. The average Bonchev–Trinajstić information content (AvgIpc) is 3.86. The van der Waals surface area contributed by atoms with E-state index in [1.807, 2.05) is 26.0 Å². The second-order valence-corrected chi connectivity index (χ2v) is 16.2. The van der Waals surface area contributed by atoms with Gasteiger partial charge >= 0.3 is 0 Å². The summed E-state index contributed by atoms with van der Waals surface area (Å²) >= 11 is 0. The molecule has 4 heterocycles. The molecule has 0 radical (unpaired) electrons. The quantitative estimate of drug-likeness (QED) is 0.160. The number of hydrogen-bond donors (Lipinski definition) is 0. The minimum Gasteiger partial charge on any atom is -0.309 e. The summed E-state index contributed by atoms with van der Waals surface area (Å²) in [5.41, 5.74) is 14.4. The van der Waals surface area contributed by atoms with E-state index in [1.165, 1.54) is 10.8 Å². The summed E-state index contributed by atoms with van der Waals surface area (Å²) < 4.78 is 4.77. The normalized spacial score (nSPS) is 11.6. The molecule has 0 amide bonds. The second-order valence-electron chi connectivity index (χ2n) is 16.2. The molecule has 0 unspecified atom stereocenters. The van der Waals surface area contributed by atoms with Gasteiger partial charge < -0.3 is 9.13 Å². The smallest absolute Gasteiger partial charge is 0.163 e. The van der Waals surface area contributed by atoms with Gasteiger partial charge in [-0.1, -0.05) is 127 Å². The average molecular weight is 822 g/mol. The minimum atomic E-state index is 0.654. The van der Waals surface area contributed by atoms with E-state index in [2.05, 4.69) is 202 Å². The predicted molar refractivity (Wildman–Crippen MR) is 261 cm³/mol. The van der Waals surface area contributed by atoms with Crippen molar-refractivity contribution in [3.05, 3.63) is 212 Å². The van der Waals surface area contributed by atoms with Crippen LogP contribution in [0.4, 0.5) is 0 Å². The molecule has 7 nitrogen and oxygen atoms in total. The SMILES string of the molecule is Cc1nc(C)nc(-c2ccc3c(c2)c2ccccc2n3-c2ccc(-c3nc(-c4ccccc4)cc(-c4ccccc4)n3)cc2-c2cccc(-n3c4ccccc4c4ccccc43)c2)n1. The number of rotatable bonds is 7. The van der Waals surface area contributed by atoms with Crippen molar-refractivity contribution in [2.45, 2.75) is 13.8 Å². The van der Waals surface area contributed by atoms with Gasteiger partial charge in [0.05, 0.1) is 39.1 Å². The molecule has 12 rings (SSSR count). The number of hydrogen-bond acceptors (Lipinski definition) is 5. The Labute approximate surface area is 369 Å². The van der Waals surface area contributed by atoms with Gasteiger partial charge in [0, 0.05) is 55.0 Å². The molecule has 0 N–H and O–H groups in total. The summed E-state index contributed by atoms with van der Waals surface area (Å²) in [6.45, 7) is 3.82. The van der Waals surface area contributed by atoms with Crippen molar-refractivity contribution in [3.63, 3.8) is 0 Å². The lowest BCUT2D eigenvalue weighted by Crippen LogP contribution is -2.01. The summed E-state index contributed by atoms with van der Waals surface area (Å²) in [4.78, 5) is 24.4. The molecule has 12 aromatic rings. The summed E-state index contributed by atoms with van der Waals surface area (Å²) in [6, 6.07) is 70.8. The standard InChI is InChI=1S/C57H39N7/c1-36-58-37(2)60-56(59-36)42-29-31-55-48(34-42)46-24-11-14-27-53(46)64(55)54-30-28-41(57-61-49(38-16-5-3-6-17-38)35-50(62-57)39-18-7-4-8-19-39)33-47(54)40-20-15-21-43(32-40)63-51-25-12-9-22-44(51)45-23-10-13-26-52(45)63/h3-35H,1-2H3. The monoisotopic (exact) mass is 821 g/mol. The van der Waals surface area contributed by atoms with Crippen LogP contribution in [0.3, 0.4) is 0 Å². The van der Waals surface area contributed by atoms with Crippen LogP contribution in [-0.4, -0.2) is 34.1 Å². The van der Waals surface area contributed by atoms with E-state index in [0.29, 0.717) is 23.3 Å². The Balaban J connectivity index is 1.11. The molecular weight excluding hydrogens is 783 g/mol. The van der Waals surface area contributed by atoms with Gasteiger partial charge in [-0.2, -0.15) is 0 Å². The van der Waals surface area contributed by atoms with Gasteiger partial charge in [0.15, 0.2) is 11.6 Å². The lowest BCUT2D eigenvalue weighted by Gasteiger charge is -2.17. The van der Waals surface area contributed by atoms with Gasteiger partial charge in [0.1, 0.15) is 11.6 Å². The molecule has 0 spiro atoms. The van der Waals surface area contributed by atoms with Crippen molar-refractivity contribution in [2.75, 3.05) is 0 Å². The van der Waals surface area contributed by atoms with Crippen LogP contribution in [-0.2, 0) is 0 Å². The van der Waals surface area contributed by atoms with Crippen LogP contribution in [0.25, 0.3) is 111 Å². The van der Waals surface area contributed by atoms with Crippen LogP contribution in [0.15, 0.2) is 200 Å². The number of aryl methyl sites for hydroxylation is 2. The fourth-order valence-corrected chi connectivity index (χ4v) is 9.32. The van der Waals surface area contributed by atoms with Gasteiger partial charge in [-0.05, 0) is 92.2 Å². The Hall–Kier alpha value is -8.55. The molecule has 0 atom stereocenters. The highest BCUT2D eigenvalue weighted by Gasteiger charge is 2.21. The Morgan fingerprint density at radius 1 is 0.312 bits per heavy atom. The molecule has 0 saturated carbocycles. The maximum Gasteiger partial charge on any atom is 0.163 e. The maximum atomic E-state index is 5.27. The first-order valence-corrected chi connectivity index (χ1v) is 21.5. The summed E-state index contributed by atoms with van der Waals surface area (Å²) in [5.74, 6) is 2.73. The molecule has 302 valence electrons. The minimum absolute atomic E-state index is 0.654. The highest BCUT2D eigenvalue weighted by molar-refractivity contribution is 6.11. The van der Waals surface area contributed by atoms with Crippen molar-refractivity contribution in [3.8, 4) is 67.8 Å². The predicted octanol–water partition coefficient (Wildman–Crippen LogP) is 13.8. The highest BCUT2D eigenvalue weighted by atomic mass is 15.0. The van der Waals surface area contributed by atoms with Crippen LogP contribution < -0.4 is 0 Å². The van der Waals surface area contributed by atoms with E-state index in [4.69, 9.17) is 19.9 Å². The van der Waals surface area contributed by atoms with Crippen molar-refractivity contribution >= 4 is 43.6 Å². The Kier molecular flexibility index (Phi) is 8.79.